The molecule has 0 saturated heterocycles. The summed E-state index contributed by atoms with van der Waals surface area (Å²) in [6.07, 6.45) is 1.91. The van der Waals surface area contributed by atoms with Gasteiger partial charge in [0.2, 0.25) is 11.6 Å². The van der Waals surface area contributed by atoms with Crippen molar-refractivity contribution in [3.63, 3.8) is 0 Å². The van der Waals surface area contributed by atoms with Crippen LogP contribution in [0.1, 0.15) is 13.3 Å². The molecule has 0 radical (unpaired) electrons. The van der Waals surface area contributed by atoms with Gasteiger partial charge in [-0.2, -0.15) is 0 Å². The Morgan fingerprint density at radius 3 is 2.79 bits per heavy atom. The zero-order valence-corrected chi connectivity index (χ0v) is 11.0. The molecule has 7 nitrogen and oxygen atoms in total. The molecule has 0 fully saturated rings. The number of carbonyl (C=O) groups is 3. The maximum atomic E-state index is 12.0. The number of nitrogens with zero attached hydrogens (tertiary/aromatic N) is 1. The number of nitrogens with one attached hydrogen (secondary N) is 1. The van der Waals surface area contributed by atoms with Crippen LogP contribution >= 0.6 is 0 Å². The van der Waals surface area contributed by atoms with E-state index in [0.29, 0.717) is 19.6 Å². The summed E-state index contributed by atoms with van der Waals surface area (Å²) >= 11 is 0. The van der Waals surface area contributed by atoms with Crippen LogP contribution in [0.2, 0.25) is 0 Å². The molecule has 1 heterocycles. The van der Waals surface area contributed by atoms with Crippen LogP contribution in [-0.4, -0.2) is 60.0 Å². The Hall–Kier alpha value is -1.89. The number of carbonyl (C=O) groups excluding carboxylic acids is 2. The summed E-state index contributed by atoms with van der Waals surface area (Å²) in [5.41, 5.74) is 0. The topological polar surface area (TPSA) is 95.9 Å². The maximum absolute atomic E-state index is 12.0. The first-order valence-corrected chi connectivity index (χ1v) is 6.01. The molecule has 2 N–H and O–H groups in total. The molecule has 0 aromatic rings. The van der Waals surface area contributed by atoms with Gasteiger partial charge >= 0.3 is 6.09 Å². The number of ketones is 2. The second-order valence-electron chi connectivity index (χ2n) is 4.18. The molecule has 1 rings (SSSR count). The zero-order chi connectivity index (χ0) is 14.4. The average Bonchev–Trinajstić information content (AvgIpc) is 2.37. The van der Waals surface area contributed by atoms with Gasteiger partial charge in [0.1, 0.15) is 6.04 Å². The number of allylic oxidation sites excluding steroid dienone is 1. The van der Waals surface area contributed by atoms with Crippen LogP contribution in [0.15, 0.2) is 12.3 Å². The van der Waals surface area contributed by atoms with E-state index < -0.39 is 29.7 Å². The fourth-order valence-electron chi connectivity index (χ4n) is 2.02. The third-order valence-electron chi connectivity index (χ3n) is 2.97. The van der Waals surface area contributed by atoms with E-state index in [9.17, 15) is 14.4 Å². The van der Waals surface area contributed by atoms with Crippen LogP contribution in [0.3, 0.4) is 0 Å². The highest BCUT2D eigenvalue weighted by Gasteiger charge is 2.37. The van der Waals surface area contributed by atoms with E-state index in [0.717, 1.165) is 0 Å². The lowest BCUT2D eigenvalue weighted by Gasteiger charge is -2.36. The number of amides is 1. The lowest BCUT2D eigenvalue weighted by Crippen LogP contribution is -2.57. The standard InChI is InChI=1S/C12H18N2O5/c1-3-8(13-12(17)18)10-11(16)9(15)4-5-14(10)6-7-19-2/h4-5,8,10,13H,3,6-7H2,1-2H3,(H,17,18). The van der Waals surface area contributed by atoms with Crippen molar-refractivity contribution in [3.05, 3.63) is 12.3 Å². The number of rotatable bonds is 6. The third kappa shape index (κ3) is 3.78. The van der Waals surface area contributed by atoms with Gasteiger partial charge in [0, 0.05) is 25.9 Å². The van der Waals surface area contributed by atoms with E-state index in [1.807, 2.05) is 0 Å². The molecule has 0 aromatic heterocycles. The van der Waals surface area contributed by atoms with Crippen LogP contribution in [-0.2, 0) is 14.3 Å². The van der Waals surface area contributed by atoms with E-state index in [4.69, 9.17) is 9.84 Å². The van der Waals surface area contributed by atoms with Gasteiger partial charge < -0.3 is 20.1 Å². The minimum atomic E-state index is -1.21. The molecule has 0 bridgehead atoms. The molecular weight excluding hydrogens is 252 g/mol. The predicted octanol–water partition coefficient (Wildman–Crippen LogP) is 0.0151. The third-order valence-corrected chi connectivity index (χ3v) is 2.97. The van der Waals surface area contributed by atoms with Crippen LogP contribution in [0.5, 0.6) is 0 Å². The van der Waals surface area contributed by atoms with E-state index in [-0.39, 0.29) is 0 Å². The highest BCUT2D eigenvalue weighted by molar-refractivity contribution is 6.44. The Bertz CT molecular complexity index is 394. The highest BCUT2D eigenvalue weighted by atomic mass is 16.5. The predicted molar refractivity (Wildman–Crippen MR) is 66.8 cm³/mol. The summed E-state index contributed by atoms with van der Waals surface area (Å²) in [5.74, 6) is -1.21. The van der Waals surface area contributed by atoms with Gasteiger partial charge in [-0.15, -0.1) is 0 Å². The van der Waals surface area contributed by atoms with Crippen LogP contribution in [0, 0.1) is 0 Å². The Labute approximate surface area is 111 Å². The SMILES string of the molecule is CCC(NC(=O)O)C1C(=O)C(=O)C=CN1CCOC. The van der Waals surface area contributed by atoms with Crippen molar-refractivity contribution >= 4 is 17.7 Å². The van der Waals surface area contributed by atoms with Crippen molar-refractivity contribution in [1.29, 1.82) is 0 Å². The van der Waals surface area contributed by atoms with Crippen LogP contribution in [0.4, 0.5) is 4.79 Å². The first kappa shape index (κ1) is 15.2. The molecule has 2 atom stereocenters. The largest absolute Gasteiger partial charge is 0.465 e. The smallest absolute Gasteiger partial charge is 0.404 e. The van der Waals surface area contributed by atoms with Crippen molar-refractivity contribution < 1.29 is 24.2 Å². The number of hydrogen-bond donors (Lipinski definition) is 2. The number of hydrogen-bond acceptors (Lipinski definition) is 5. The lowest BCUT2D eigenvalue weighted by atomic mass is 9.94. The average molecular weight is 270 g/mol. The first-order chi connectivity index (χ1) is 9.01. The highest BCUT2D eigenvalue weighted by Crippen LogP contribution is 2.15. The number of Topliss-reactive ketones (excluding diaryl/α,β-unsaturated/α-hetero) is 1. The Balaban J connectivity index is 2.93. The number of carboxylic acid groups (broad SMARTS) is 1. The molecule has 7 heteroatoms. The number of methoxy groups -OCH3 is 1. The number of ether oxygens (including phenoxy) is 1. The van der Waals surface area contributed by atoms with Crippen molar-refractivity contribution in [2.75, 3.05) is 20.3 Å². The Kier molecular flexibility index (Phi) is 5.50. The Morgan fingerprint density at radius 1 is 1.58 bits per heavy atom. The normalized spacial score (nSPS) is 20.5. The summed E-state index contributed by atoms with van der Waals surface area (Å²) in [6.45, 7) is 2.55. The second kappa shape index (κ2) is 6.89. The molecule has 106 valence electrons. The minimum Gasteiger partial charge on any atom is -0.465 e. The van der Waals surface area contributed by atoms with Gasteiger partial charge in [-0.3, -0.25) is 9.59 Å². The molecule has 2 unspecified atom stereocenters. The molecular formula is C12H18N2O5. The van der Waals surface area contributed by atoms with Gasteiger partial charge in [-0.25, -0.2) is 4.79 Å². The van der Waals surface area contributed by atoms with Crippen molar-refractivity contribution in [2.45, 2.75) is 25.4 Å². The van der Waals surface area contributed by atoms with E-state index in [1.54, 1.807) is 11.8 Å². The van der Waals surface area contributed by atoms with Crippen molar-refractivity contribution in [2.24, 2.45) is 0 Å². The Morgan fingerprint density at radius 2 is 2.26 bits per heavy atom. The van der Waals surface area contributed by atoms with Gasteiger partial charge in [0.15, 0.2) is 0 Å². The minimum absolute atomic E-state index is 0.381. The van der Waals surface area contributed by atoms with Gasteiger partial charge in [0.25, 0.3) is 0 Å². The summed E-state index contributed by atoms with van der Waals surface area (Å²) < 4.78 is 4.94. The summed E-state index contributed by atoms with van der Waals surface area (Å²) in [6, 6.07) is -1.44. The molecule has 1 amide bonds. The van der Waals surface area contributed by atoms with Crippen molar-refractivity contribution in [3.8, 4) is 0 Å². The van der Waals surface area contributed by atoms with Gasteiger partial charge in [-0.05, 0) is 6.42 Å². The van der Waals surface area contributed by atoms with E-state index in [2.05, 4.69) is 5.32 Å². The molecule has 1 aliphatic rings. The maximum Gasteiger partial charge on any atom is 0.404 e. The van der Waals surface area contributed by atoms with Crippen LogP contribution < -0.4 is 5.32 Å². The van der Waals surface area contributed by atoms with Crippen molar-refractivity contribution in [1.82, 2.24) is 10.2 Å². The second-order valence-corrected chi connectivity index (χ2v) is 4.18. The quantitative estimate of drug-likeness (QED) is 0.660. The molecule has 0 spiro atoms. The fourth-order valence-corrected chi connectivity index (χ4v) is 2.02. The monoisotopic (exact) mass is 270 g/mol. The molecule has 19 heavy (non-hydrogen) atoms. The molecule has 0 saturated carbocycles. The van der Waals surface area contributed by atoms with E-state index in [1.165, 1.54) is 19.4 Å². The summed E-state index contributed by atoms with van der Waals surface area (Å²) in [4.78, 5) is 35.8. The summed E-state index contributed by atoms with van der Waals surface area (Å²) in [7, 11) is 1.53. The van der Waals surface area contributed by atoms with Gasteiger partial charge in [-0.1, -0.05) is 6.92 Å². The fraction of sp³-hybridized carbons (Fsp3) is 0.583. The lowest BCUT2D eigenvalue weighted by molar-refractivity contribution is -0.138. The summed E-state index contributed by atoms with van der Waals surface area (Å²) in [5, 5.41) is 11.1. The zero-order valence-electron chi connectivity index (χ0n) is 11.0. The molecule has 0 aromatic carbocycles. The van der Waals surface area contributed by atoms with Gasteiger partial charge in [0.05, 0.1) is 12.6 Å². The molecule has 0 aliphatic carbocycles. The first-order valence-electron chi connectivity index (χ1n) is 6.01. The van der Waals surface area contributed by atoms with Crippen LogP contribution in [0.25, 0.3) is 0 Å². The molecule has 1 aliphatic heterocycles. The van der Waals surface area contributed by atoms with E-state index >= 15 is 0 Å².